The third-order valence-corrected chi connectivity index (χ3v) is 4.34. The number of rotatable bonds is 6. The molecule has 0 aromatic heterocycles. The fourth-order valence-electron chi connectivity index (χ4n) is 2.50. The molecule has 0 aliphatic rings. The van der Waals surface area contributed by atoms with E-state index in [1.54, 1.807) is 12.1 Å². The largest absolute Gasteiger partial charge is 0.329 e. The van der Waals surface area contributed by atoms with E-state index in [0.717, 1.165) is 23.1 Å². The van der Waals surface area contributed by atoms with Crippen molar-refractivity contribution in [2.75, 3.05) is 13.1 Å². The Bertz CT molecular complexity index is 574. The third-order valence-electron chi connectivity index (χ3n) is 3.62. The van der Waals surface area contributed by atoms with Gasteiger partial charge in [-0.3, -0.25) is 4.90 Å². The molecule has 2 aromatic rings. The Morgan fingerprint density at radius 2 is 1.90 bits per heavy atom. The van der Waals surface area contributed by atoms with Crippen molar-refractivity contribution >= 4 is 15.9 Å². The van der Waals surface area contributed by atoms with Crippen LogP contribution in [0.4, 0.5) is 4.39 Å². The molecule has 112 valence electrons. The number of benzene rings is 2. The van der Waals surface area contributed by atoms with Gasteiger partial charge in [0.25, 0.3) is 0 Å². The average molecular weight is 351 g/mol. The number of nitrogens with two attached hydrogens (primary N) is 1. The van der Waals surface area contributed by atoms with Crippen molar-refractivity contribution in [3.63, 3.8) is 0 Å². The van der Waals surface area contributed by atoms with E-state index >= 15 is 0 Å². The Balaban J connectivity index is 2.27. The summed E-state index contributed by atoms with van der Waals surface area (Å²) in [5, 5.41) is 0. The molecular weight excluding hydrogens is 331 g/mol. The van der Waals surface area contributed by atoms with Crippen molar-refractivity contribution < 1.29 is 4.39 Å². The van der Waals surface area contributed by atoms with Gasteiger partial charge in [0, 0.05) is 23.6 Å². The summed E-state index contributed by atoms with van der Waals surface area (Å²) in [6.45, 7) is 4.18. The molecule has 0 fully saturated rings. The third kappa shape index (κ3) is 4.13. The van der Waals surface area contributed by atoms with Crippen molar-refractivity contribution in [2.24, 2.45) is 5.73 Å². The van der Waals surface area contributed by atoms with E-state index in [2.05, 4.69) is 39.9 Å². The summed E-state index contributed by atoms with van der Waals surface area (Å²) < 4.78 is 14.5. The zero-order valence-corrected chi connectivity index (χ0v) is 13.7. The molecule has 0 amide bonds. The Hall–Kier alpha value is -1.23. The predicted octanol–water partition coefficient (Wildman–Crippen LogP) is 4.11. The summed E-state index contributed by atoms with van der Waals surface area (Å²) in [4.78, 5) is 2.26. The van der Waals surface area contributed by atoms with Gasteiger partial charge >= 0.3 is 0 Å². The summed E-state index contributed by atoms with van der Waals surface area (Å²) in [5.41, 5.74) is 8.09. The summed E-state index contributed by atoms with van der Waals surface area (Å²) in [6.07, 6.45) is 0. The zero-order chi connectivity index (χ0) is 15.2. The number of hydrogen-bond donors (Lipinski definition) is 1. The lowest BCUT2D eigenvalue weighted by Gasteiger charge is -2.31. The maximum atomic E-state index is 13.6. The van der Waals surface area contributed by atoms with Crippen LogP contribution in [0.2, 0.25) is 0 Å². The van der Waals surface area contributed by atoms with Gasteiger partial charge in [0.15, 0.2) is 0 Å². The van der Waals surface area contributed by atoms with Crippen LogP contribution < -0.4 is 5.73 Å². The number of halogens is 2. The molecule has 0 spiro atoms. The van der Waals surface area contributed by atoms with Gasteiger partial charge in [-0.1, -0.05) is 53.2 Å². The minimum atomic E-state index is -0.234. The molecule has 2 aromatic carbocycles. The normalized spacial score (nSPS) is 12.6. The number of nitrogens with zero attached hydrogens (tertiary/aromatic N) is 1. The topological polar surface area (TPSA) is 29.3 Å². The van der Waals surface area contributed by atoms with Gasteiger partial charge in [-0.25, -0.2) is 4.39 Å². The smallest absolute Gasteiger partial charge is 0.123 e. The van der Waals surface area contributed by atoms with E-state index in [1.165, 1.54) is 11.6 Å². The van der Waals surface area contributed by atoms with Crippen LogP contribution in [0.1, 0.15) is 24.1 Å². The number of hydrogen-bond acceptors (Lipinski definition) is 2. The molecule has 1 unspecified atom stereocenters. The van der Waals surface area contributed by atoms with Crippen molar-refractivity contribution in [2.45, 2.75) is 19.5 Å². The lowest BCUT2D eigenvalue weighted by molar-refractivity contribution is 0.202. The second-order valence-corrected chi connectivity index (χ2v) is 5.82. The van der Waals surface area contributed by atoms with Crippen molar-refractivity contribution in [1.82, 2.24) is 4.90 Å². The van der Waals surface area contributed by atoms with Crippen LogP contribution in [-0.2, 0) is 6.54 Å². The van der Waals surface area contributed by atoms with Crippen LogP contribution in [0.3, 0.4) is 0 Å². The lowest BCUT2D eigenvalue weighted by atomic mass is 10.0. The molecule has 2 nitrogen and oxygen atoms in total. The highest BCUT2D eigenvalue weighted by Gasteiger charge is 2.20. The lowest BCUT2D eigenvalue weighted by Crippen LogP contribution is -2.33. The molecule has 0 saturated heterocycles. The van der Waals surface area contributed by atoms with Gasteiger partial charge in [-0.2, -0.15) is 0 Å². The van der Waals surface area contributed by atoms with E-state index in [0.29, 0.717) is 6.54 Å². The van der Waals surface area contributed by atoms with Crippen LogP contribution in [0, 0.1) is 5.82 Å². The molecule has 0 aliphatic heterocycles. The van der Waals surface area contributed by atoms with Gasteiger partial charge in [0.1, 0.15) is 5.82 Å². The fourth-order valence-corrected chi connectivity index (χ4v) is 3.01. The van der Waals surface area contributed by atoms with E-state index in [4.69, 9.17) is 5.73 Å². The molecule has 0 aliphatic carbocycles. The molecule has 2 rings (SSSR count). The highest BCUT2D eigenvalue weighted by atomic mass is 79.9. The number of likely N-dealkylation sites (N-methyl/N-ethyl adjacent to an activating group) is 1. The Labute approximate surface area is 133 Å². The van der Waals surface area contributed by atoms with Crippen LogP contribution in [0.5, 0.6) is 0 Å². The van der Waals surface area contributed by atoms with Crippen molar-refractivity contribution in [3.05, 3.63) is 69.9 Å². The van der Waals surface area contributed by atoms with E-state index in [1.807, 2.05) is 18.2 Å². The molecule has 0 radical (unpaired) electrons. The van der Waals surface area contributed by atoms with Crippen LogP contribution in [-0.4, -0.2) is 18.0 Å². The summed E-state index contributed by atoms with van der Waals surface area (Å²) in [5.74, 6) is -0.234. The summed E-state index contributed by atoms with van der Waals surface area (Å²) in [7, 11) is 0. The standard InChI is InChI=1S/C17H20BrFN2/c1-2-21(12-13-6-4-3-5-7-13)17(11-20)15-10-14(19)8-9-16(15)18/h3-10,17H,2,11-12,20H2,1H3. The van der Waals surface area contributed by atoms with Crippen molar-refractivity contribution in [1.29, 1.82) is 0 Å². The first-order valence-corrected chi connectivity index (χ1v) is 7.88. The van der Waals surface area contributed by atoms with E-state index in [9.17, 15) is 4.39 Å². The maximum Gasteiger partial charge on any atom is 0.123 e. The SMILES string of the molecule is CCN(Cc1ccccc1)C(CN)c1cc(F)ccc1Br. The molecule has 2 N–H and O–H groups in total. The van der Waals surface area contributed by atoms with E-state index in [-0.39, 0.29) is 11.9 Å². The second kappa shape index (κ2) is 7.69. The van der Waals surface area contributed by atoms with Crippen LogP contribution >= 0.6 is 15.9 Å². The molecule has 0 bridgehead atoms. The molecule has 4 heteroatoms. The highest BCUT2D eigenvalue weighted by Crippen LogP contribution is 2.29. The van der Waals surface area contributed by atoms with Gasteiger partial charge in [-0.15, -0.1) is 0 Å². The van der Waals surface area contributed by atoms with E-state index < -0.39 is 0 Å². The average Bonchev–Trinajstić information content (AvgIpc) is 2.51. The highest BCUT2D eigenvalue weighted by molar-refractivity contribution is 9.10. The Morgan fingerprint density at radius 3 is 2.52 bits per heavy atom. The first kappa shape index (κ1) is 16.1. The second-order valence-electron chi connectivity index (χ2n) is 4.97. The van der Waals surface area contributed by atoms with Crippen LogP contribution in [0.15, 0.2) is 53.0 Å². The monoisotopic (exact) mass is 350 g/mol. The molecule has 1 atom stereocenters. The predicted molar refractivity (Wildman–Crippen MR) is 88.4 cm³/mol. The minimum absolute atomic E-state index is 0.0136. The van der Waals surface area contributed by atoms with Gasteiger partial charge in [0.2, 0.25) is 0 Å². The van der Waals surface area contributed by atoms with Gasteiger partial charge in [-0.05, 0) is 35.9 Å². The van der Waals surface area contributed by atoms with Crippen molar-refractivity contribution in [3.8, 4) is 0 Å². The van der Waals surface area contributed by atoms with Gasteiger partial charge in [0.05, 0.1) is 0 Å². The summed E-state index contributed by atoms with van der Waals surface area (Å²) in [6, 6.07) is 15.0. The first-order valence-electron chi connectivity index (χ1n) is 7.08. The molecule has 21 heavy (non-hydrogen) atoms. The minimum Gasteiger partial charge on any atom is -0.329 e. The molecule has 0 heterocycles. The molecular formula is C17H20BrFN2. The first-order chi connectivity index (χ1) is 10.2. The quantitative estimate of drug-likeness (QED) is 0.849. The zero-order valence-electron chi connectivity index (χ0n) is 12.1. The fraction of sp³-hybridized carbons (Fsp3) is 0.294. The van der Waals surface area contributed by atoms with Crippen LogP contribution in [0.25, 0.3) is 0 Å². The van der Waals surface area contributed by atoms with Gasteiger partial charge < -0.3 is 5.73 Å². The Kier molecular flexibility index (Phi) is 5.91. The maximum absolute atomic E-state index is 13.6. The Morgan fingerprint density at radius 1 is 1.19 bits per heavy atom. The molecule has 0 saturated carbocycles. The summed E-state index contributed by atoms with van der Waals surface area (Å²) >= 11 is 3.51.